The first kappa shape index (κ1) is 11.7. The highest BCUT2D eigenvalue weighted by atomic mass is 35.5. The molecule has 0 spiro atoms. The van der Waals surface area contributed by atoms with E-state index in [1.165, 1.54) is 4.70 Å². The van der Waals surface area contributed by atoms with E-state index in [1.54, 1.807) is 11.3 Å². The van der Waals surface area contributed by atoms with E-state index in [4.69, 9.17) is 11.6 Å². The number of alkyl halides is 1. The number of hydrogen-bond donors (Lipinski definition) is 0. The summed E-state index contributed by atoms with van der Waals surface area (Å²) in [5.74, 6) is 0.744. The molecular weight excluding hydrogens is 240 g/mol. The average molecular weight is 255 g/mol. The fourth-order valence-electron chi connectivity index (χ4n) is 1.56. The molecule has 0 N–H and O–H groups in total. The normalized spacial score (nSPS) is 10.9. The van der Waals surface area contributed by atoms with Crippen molar-refractivity contribution in [2.24, 2.45) is 0 Å². The first-order chi connectivity index (χ1) is 7.81. The molecule has 0 aliphatic rings. The molecule has 4 heteroatoms. The van der Waals surface area contributed by atoms with Gasteiger partial charge in [0.15, 0.2) is 5.13 Å². The van der Waals surface area contributed by atoms with Crippen LogP contribution in [0.15, 0.2) is 24.3 Å². The minimum atomic E-state index is 0.744. The van der Waals surface area contributed by atoms with Crippen molar-refractivity contribution in [3.8, 4) is 0 Å². The molecule has 1 aromatic carbocycles. The third kappa shape index (κ3) is 2.66. The molecule has 0 saturated heterocycles. The van der Waals surface area contributed by atoms with E-state index in [-0.39, 0.29) is 0 Å². The van der Waals surface area contributed by atoms with Crippen LogP contribution in [-0.2, 0) is 0 Å². The Hall–Kier alpha value is -0.800. The molecule has 1 aromatic heterocycles. The van der Waals surface area contributed by atoms with Crippen LogP contribution < -0.4 is 4.90 Å². The summed E-state index contributed by atoms with van der Waals surface area (Å²) in [4.78, 5) is 6.81. The first-order valence-corrected chi connectivity index (χ1v) is 6.79. The van der Waals surface area contributed by atoms with Crippen LogP contribution in [0.1, 0.15) is 12.8 Å². The van der Waals surface area contributed by atoms with Gasteiger partial charge in [0.2, 0.25) is 0 Å². The predicted molar refractivity (Wildman–Crippen MR) is 72.8 cm³/mol. The van der Waals surface area contributed by atoms with E-state index in [0.29, 0.717) is 0 Å². The molecule has 16 heavy (non-hydrogen) atoms. The van der Waals surface area contributed by atoms with Gasteiger partial charge in [0.05, 0.1) is 10.2 Å². The molecule has 0 amide bonds. The Morgan fingerprint density at radius 3 is 2.88 bits per heavy atom. The molecule has 2 nitrogen and oxygen atoms in total. The maximum absolute atomic E-state index is 5.66. The SMILES string of the molecule is CN(CCCCCl)c1nc2ccccc2s1. The number of halogens is 1. The van der Waals surface area contributed by atoms with Gasteiger partial charge in [0, 0.05) is 19.5 Å². The highest BCUT2D eigenvalue weighted by Crippen LogP contribution is 2.27. The summed E-state index contributed by atoms with van der Waals surface area (Å²) in [7, 11) is 2.09. The molecule has 1 heterocycles. The number of unbranched alkanes of at least 4 members (excludes halogenated alkanes) is 1. The standard InChI is InChI=1S/C12H15ClN2S/c1-15(9-5-4-8-13)12-14-10-6-2-3-7-11(10)16-12/h2-3,6-7H,4-5,8-9H2,1H3. The number of rotatable bonds is 5. The topological polar surface area (TPSA) is 16.1 Å². The Morgan fingerprint density at radius 1 is 1.31 bits per heavy atom. The second kappa shape index (κ2) is 5.51. The Bertz CT molecular complexity index is 422. The van der Waals surface area contributed by atoms with Crippen LogP contribution in [0.5, 0.6) is 0 Å². The molecule has 0 aliphatic heterocycles. The molecule has 0 atom stereocenters. The molecule has 0 fully saturated rings. The lowest BCUT2D eigenvalue weighted by molar-refractivity contribution is 0.769. The molecule has 2 aromatic rings. The highest BCUT2D eigenvalue weighted by Gasteiger charge is 2.06. The molecule has 86 valence electrons. The summed E-state index contributed by atoms with van der Waals surface area (Å²) in [6, 6.07) is 8.25. The van der Waals surface area contributed by atoms with Crippen LogP contribution in [0.3, 0.4) is 0 Å². The van der Waals surface area contributed by atoms with Gasteiger partial charge in [-0.2, -0.15) is 0 Å². The molecule has 0 bridgehead atoms. The molecular formula is C12H15ClN2S. The predicted octanol–water partition coefficient (Wildman–Crippen LogP) is 3.75. The number of aromatic nitrogens is 1. The molecule has 2 rings (SSSR count). The summed E-state index contributed by atoms with van der Waals surface area (Å²) < 4.78 is 1.25. The van der Waals surface area contributed by atoms with Gasteiger partial charge in [-0.05, 0) is 25.0 Å². The fourth-order valence-corrected chi connectivity index (χ4v) is 2.70. The minimum absolute atomic E-state index is 0.744. The van der Waals surface area contributed by atoms with Crippen molar-refractivity contribution in [1.82, 2.24) is 4.98 Å². The Balaban J connectivity index is 2.07. The van der Waals surface area contributed by atoms with Crippen LogP contribution in [0, 0.1) is 0 Å². The summed E-state index contributed by atoms with van der Waals surface area (Å²) in [6.07, 6.45) is 2.19. The van der Waals surface area contributed by atoms with Crippen molar-refractivity contribution < 1.29 is 0 Å². The fraction of sp³-hybridized carbons (Fsp3) is 0.417. The summed E-state index contributed by atoms with van der Waals surface area (Å²) in [5.41, 5.74) is 1.09. The van der Waals surface area contributed by atoms with Crippen LogP contribution >= 0.6 is 22.9 Å². The average Bonchev–Trinajstić information content (AvgIpc) is 2.73. The number of anilines is 1. The zero-order valence-corrected chi connectivity index (χ0v) is 10.9. The van der Waals surface area contributed by atoms with Crippen LogP contribution in [0.4, 0.5) is 5.13 Å². The van der Waals surface area contributed by atoms with Gasteiger partial charge >= 0.3 is 0 Å². The largest absolute Gasteiger partial charge is 0.351 e. The second-order valence-electron chi connectivity index (χ2n) is 3.78. The lowest BCUT2D eigenvalue weighted by atomic mass is 10.3. The van der Waals surface area contributed by atoms with E-state index in [1.807, 2.05) is 6.07 Å². The minimum Gasteiger partial charge on any atom is -0.351 e. The molecule has 0 unspecified atom stereocenters. The van der Waals surface area contributed by atoms with Gasteiger partial charge in [0.1, 0.15) is 0 Å². The van der Waals surface area contributed by atoms with Crippen molar-refractivity contribution in [2.75, 3.05) is 24.4 Å². The van der Waals surface area contributed by atoms with E-state index in [0.717, 1.165) is 35.9 Å². The number of nitrogens with zero attached hydrogens (tertiary/aromatic N) is 2. The van der Waals surface area contributed by atoms with Gasteiger partial charge in [-0.3, -0.25) is 0 Å². The van der Waals surface area contributed by atoms with Crippen LogP contribution in [0.2, 0.25) is 0 Å². The summed E-state index contributed by atoms with van der Waals surface area (Å²) >= 11 is 7.41. The van der Waals surface area contributed by atoms with Gasteiger partial charge in [0.25, 0.3) is 0 Å². The quantitative estimate of drug-likeness (QED) is 0.597. The van der Waals surface area contributed by atoms with Crippen molar-refractivity contribution in [3.05, 3.63) is 24.3 Å². The van der Waals surface area contributed by atoms with Gasteiger partial charge in [-0.1, -0.05) is 23.5 Å². The van der Waals surface area contributed by atoms with Crippen LogP contribution in [-0.4, -0.2) is 24.5 Å². The number of para-hydroxylation sites is 1. The van der Waals surface area contributed by atoms with Crippen molar-refractivity contribution in [1.29, 1.82) is 0 Å². The van der Waals surface area contributed by atoms with Crippen LogP contribution in [0.25, 0.3) is 10.2 Å². The molecule has 0 saturated carbocycles. The third-order valence-electron chi connectivity index (χ3n) is 2.49. The van der Waals surface area contributed by atoms with E-state index in [9.17, 15) is 0 Å². The van der Waals surface area contributed by atoms with Crippen molar-refractivity contribution >= 4 is 38.3 Å². The lowest BCUT2D eigenvalue weighted by Gasteiger charge is -2.14. The number of thiazole rings is 1. The van der Waals surface area contributed by atoms with Gasteiger partial charge in [-0.25, -0.2) is 4.98 Å². The lowest BCUT2D eigenvalue weighted by Crippen LogP contribution is -2.18. The van der Waals surface area contributed by atoms with Gasteiger partial charge in [-0.15, -0.1) is 11.6 Å². The molecule has 0 aliphatic carbocycles. The number of benzene rings is 1. The Morgan fingerprint density at radius 2 is 2.12 bits per heavy atom. The second-order valence-corrected chi connectivity index (χ2v) is 5.17. The first-order valence-electron chi connectivity index (χ1n) is 5.44. The highest BCUT2D eigenvalue weighted by molar-refractivity contribution is 7.22. The third-order valence-corrected chi connectivity index (χ3v) is 3.90. The Kier molecular flexibility index (Phi) is 4.02. The summed E-state index contributed by atoms with van der Waals surface area (Å²) in [6.45, 7) is 1.02. The summed E-state index contributed by atoms with van der Waals surface area (Å²) in [5, 5.41) is 1.09. The zero-order chi connectivity index (χ0) is 11.4. The van der Waals surface area contributed by atoms with E-state index in [2.05, 4.69) is 35.1 Å². The maximum atomic E-state index is 5.66. The number of hydrogen-bond acceptors (Lipinski definition) is 3. The monoisotopic (exact) mass is 254 g/mol. The van der Waals surface area contributed by atoms with Crippen molar-refractivity contribution in [2.45, 2.75) is 12.8 Å². The van der Waals surface area contributed by atoms with E-state index >= 15 is 0 Å². The maximum Gasteiger partial charge on any atom is 0.186 e. The van der Waals surface area contributed by atoms with Gasteiger partial charge < -0.3 is 4.90 Å². The number of fused-ring (bicyclic) bond motifs is 1. The van der Waals surface area contributed by atoms with E-state index < -0.39 is 0 Å². The molecule has 0 radical (unpaired) electrons. The van der Waals surface area contributed by atoms with Crippen molar-refractivity contribution in [3.63, 3.8) is 0 Å². The zero-order valence-electron chi connectivity index (χ0n) is 9.32. The Labute approximate surface area is 105 Å². The smallest absolute Gasteiger partial charge is 0.186 e.